The van der Waals surface area contributed by atoms with Crippen LogP contribution in [0.1, 0.15) is 310 Å². The average molecular weight is 1140 g/mol. The molecule has 0 radical (unpaired) electrons. The minimum atomic E-state index is -0.810. The molecule has 0 aliphatic heterocycles. The molecule has 6 heteroatoms. The van der Waals surface area contributed by atoms with Gasteiger partial charge in [-0.15, -0.1) is 0 Å². The highest BCUT2D eigenvalue weighted by molar-refractivity contribution is 5.71. The van der Waals surface area contributed by atoms with Crippen LogP contribution in [0.5, 0.6) is 0 Å². The first-order valence-corrected chi connectivity index (χ1v) is 34.2. The van der Waals surface area contributed by atoms with Crippen molar-refractivity contribution >= 4 is 17.9 Å². The number of carbonyl (C=O) groups excluding carboxylic acids is 3. The fraction of sp³-hybridized carbons (Fsp3) is 0.671. The minimum Gasteiger partial charge on any atom is -0.462 e. The Balaban J connectivity index is 4.48. The second-order valence-electron chi connectivity index (χ2n) is 22.3. The summed E-state index contributed by atoms with van der Waals surface area (Å²) in [4.78, 5) is 38.4. The molecule has 466 valence electrons. The highest BCUT2D eigenvalue weighted by Gasteiger charge is 2.19. The van der Waals surface area contributed by atoms with E-state index in [1.165, 1.54) is 135 Å². The van der Waals surface area contributed by atoms with Crippen molar-refractivity contribution in [3.05, 3.63) is 134 Å². The fourth-order valence-electron chi connectivity index (χ4n) is 9.25. The first-order valence-electron chi connectivity index (χ1n) is 34.2. The van der Waals surface area contributed by atoms with Gasteiger partial charge in [0.05, 0.1) is 0 Å². The molecule has 0 fully saturated rings. The van der Waals surface area contributed by atoms with Crippen molar-refractivity contribution in [3.63, 3.8) is 0 Å². The Hall–Kier alpha value is -4.45. The highest BCUT2D eigenvalue weighted by atomic mass is 16.6. The Bertz CT molecular complexity index is 1730. The van der Waals surface area contributed by atoms with Crippen LogP contribution in [0.4, 0.5) is 0 Å². The Morgan fingerprint density at radius 1 is 0.256 bits per heavy atom. The van der Waals surface area contributed by atoms with Gasteiger partial charge in [0.15, 0.2) is 6.10 Å². The second kappa shape index (κ2) is 69.0. The summed E-state index contributed by atoms with van der Waals surface area (Å²) in [6.07, 6.45) is 97.5. The van der Waals surface area contributed by atoms with Crippen molar-refractivity contribution in [2.75, 3.05) is 13.2 Å². The van der Waals surface area contributed by atoms with Crippen molar-refractivity contribution in [2.45, 2.75) is 316 Å². The summed E-state index contributed by atoms with van der Waals surface area (Å²) < 4.78 is 16.9. The second-order valence-corrected chi connectivity index (χ2v) is 22.3. The Kier molecular flexibility index (Phi) is 65.3. The van der Waals surface area contributed by atoms with Gasteiger partial charge < -0.3 is 14.2 Å². The predicted octanol–water partition coefficient (Wildman–Crippen LogP) is 23.7. The van der Waals surface area contributed by atoms with Crippen molar-refractivity contribution in [3.8, 4) is 0 Å². The predicted molar refractivity (Wildman–Crippen MR) is 357 cm³/mol. The summed E-state index contributed by atoms with van der Waals surface area (Å²) in [5.41, 5.74) is 0. The summed E-state index contributed by atoms with van der Waals surface area (Å²) >= 11 is 0. The van der Waals surface area contributed by atoms with Crippen LogP contribution >= 0.6 is 0 Å². The lowest BCUT2D eigenvalue weighted by Gasteiger charge is -2.18. The van der Waals surface area contributed by atoms with E-state index in [1.54, 1.807) is 0 Å². The summed E-state index contributed by atoms with van der Waals surface area (Å²) in [6, 6.07) is 0. The lowest BCUT2D eigenvalue weighted by atomic mass is 10.1. The van der Waals surface area contributed by atoms with E-state index in [1.807, 2.05) is 0 Å². The van der Waals surface area contributed by atoms with Gasteiger partial charge in [0.2, 0.25) is 0 Å². The van der Waals surface area contributed by atoms with Gasteiger partial charge in [-0.1, -0.05) is 283 Å². The number of unbranched alkanes of at least 4 members (excludes halogenated alkanes) is 28. The largest absolute Gasteiger partial charge is 0.462 e. The minimum absolute atomic E-state index is 0.103. The molecule has 0 N–H and O–H groups in total. The topological polar surface area (TPSA) is 78.9 Å². The number of hydrogen-bond acceptors (Lipinski definition) is 6. The molecular weight excluding hydrogens is 1010 g/mol. The lowest BCUT2D eigenvalue weighted by Crippen LogP contribution is -2.30. The molecule has 0 aromatic rings. The van der Waals surface area contributed by atoms with Crippen LogP contribution in [0.2, 0.25) is 0 Å². The van der Waals surface area contributed by atoms with Gasteiger partial charge in [-0.2, -0.15) is 0 Å². The van der Waals surface area contributed by atoms with Gasteiger partial charge in [-0.3, -0.25) is 14.4 Å². The van der Waals surface area contributed by atoms with Crippen LogP contribution in [0.3, 0.4) is 0 Å². The zero-order chi connectivity index (χ0) is 59.2. The van der Waals surface area contributed by atoms with Gasteiger partial charge in [0, 0.05) is 19.3 Å². The van der Waals surface area contributed by atoms with Crippen molar-refractivity contribution < 1.29 is 28.6 Å². The molecule has 1 atom stereocenters. The van der Waals surface area contributed by atoms with Crippen LogP contribution in [0, 0.1) is 0 Å². The molecule has 0 amide bonds. The highest BCUT2D eigenvalue weighted by Crippen LogP contribution is 2.15. The van der Waals surface area contributed by atoms with E-state index < -0.39 is 6.10 Å². The Morgan fingerprint density at radius 2 is 0.476 bits per heavy atom. The number of carbonyl (C=O) groups is 3. The maximum absolute atomic E-state index is 12.9. The SMILES string of the molecule is CC/C=C\C/C=C\C/C=C\C/C=C\C/C=C\C/C=C\C/C=C\C/C=C\CCCCC(=O)OCC(COC(=O)CCCCCCC/C=C\C/C=C\CCCCCC)OC(=O)CCCCCCCCCCC/C=C\CCCCCCCCCC. The van der Waals surface area contributed by atoms with Crippen LogP contribution in [0.25, 0.3) is 0 Å². The summed E-state index contributed by atoms with van der Waals surface area (Å²) in [7, 11) is 0. The van der Waals surface area contributed by atoms with E-state index in [0.29, 0.717) is 25.7 Å². The molecule has 0 aliphatic carbocycles. The molecule has 0 heterocycles. The molecule has 0 aliphatic rings. The first-order chi connectivity index (χ1) is 40.5. The van der Waals surface area contributed by atoms with E-state index in [9.17, 15) is 14.4 Å². The third kappa shape index (κ3) is 66.4. The maximum Gasteiger partial charge on any atom is 0.306 e. The van der Waals surface area contributed by atoms with E-state index in [4.69, 9.17) is 14.2 Å². The first kappa shape index (κ1) is 77.5. The smallest absolute Gasteiger partial charge is 0.306 e. The van der Waals surface area contributed by atoms with Gasteiger partial charge >= 0.3 is 17.9 Å². The zero-order valence-electron chi connectivity index (χ0n) is 53.5. The van der Waals surface area contributed by atoms with Gasteiger partial charge in [0.1, 0.15) is 13.2 Å². The van der Waals surface area contributed by atoms with Crippen LogP contribution in [-0.4, -0.2) is 37.2 Å². The molecule has 0 aromatic heterocycles. The molecular formula is C76H126O6. The molecule has 0 aromatic carbocycles. The molecule has 82 heavy (non-hydrogen) atoms. The molecule has 6 nitrogen and oxygen atoms in total. The van der Waals surface area contributed by atoms with Gasteiger partial charge in [-0.05, 0) is 141 Å². The normalized spacial score (nSPS) is 13.0. The molecule has 1 unspecified atom stereocenters. The monoisotopic (exact) mass is 1130 g/mol. The van der Waals surface area contributed by atoms with Crippen molar-refractivity contribution in [2.24, 2.45) is 0 Å². The van der Waals surface area contributed by atoms with Crippen LogP contribution in [-0.2, 0) is 28.6 Å². The molecule has 0 saturated carbocycles. The number of hydrogen-bond donors (Lipinski definition) is 0. The summed E-state index contributed by atoms with van der Waals surface area (Å²) in [6.45, 7) is 6.48. The third-order valence-electron chi connectivity index (χ3n) is 14.4. The number of ether oxygens (including phenoxy) is 3. The molecule has 0 saturated heterocycles. The van der Waals surface area contributed by atoms with Crippen molar-refractivity contribution in [1.29, 1.82) is 0 Å². The van der Waals surface area contributed by atoms with E-state index in [-0.39, 0.29) is 31.1 Å². The average Bonchev–Trinajstić information content (AvgIpc) is 3.47. The van der Waals surface area contributed by atoms with Crippen LogP contribution in [0.15, 0.2) is 134 Å². The van der Waals surface area contributed by atoms with E-state index in [0.717, 1.165) is 128 Å². The maximum atomic E-state index is 12.9. The quantitative estimate of drug-likeness (QED) is 0.0261. The summed E-state index contributed by atoms with van der Waals surface area (Å²) in [5.74, 6) is -0.956. The van der Waals surface area contributed by atoms with Crippen molar-refractivity contribution in [1.82, 2.24) is 0 Å². The van der Waals surface area contributed by atoms with Gasteiger partial charge in [-0.25, -0.2) is 0 Å². The fourth-order valence-corrected chi connectivity index (χ4v) is 9.25. The zero-order valence-corrected chi connectivity index (χ0v) is 53.5. The molecule has 0 rings (SSSR count). The number of esters is 3. The van der Waals surface area contributed by atoms with Gasteiger partial charge in [0.25, 0.3) is 0 Å². The number of rotatable bonds is 61. The van der Waals surface area contributed by atoms with Crippen LogP contribution < -0.4 is 0 Å². The molecule has 0 spiro atoms. The van der Waals surface area contributed by atoms with E-state index in [2.05, 4.69) is 154 Å². The van der Waals surface area contributed by atoms with E-state index >= 15 is 0 Å². The third-order valence-corrected chi connectivity index (χ3v) is 14.4. The summed E-state index contributed by atoms with van der Waals surface area (Å²) in [5, 5.41) is 0. The molecule has 0 bridgehead atoms. The number of allylic oxidation sites excluding steroid dienone is 22. The standard InChI is InChI=1S/C76H126O6/c1-4-7-10-13-16-19-22-25-28-31-33-35-36-37-38-39-40-42-43-45-48-51-54-57-60-63-66-69-75(78)81-72-73(71-80-74(77)68-65-62-59-56-53-50-47-30-27-24-21-18-15-12-9-6-3)82-76(79)70-67-64-61-58-55-52-49-46-44-41-34-32-29-26-23-20-17-14-11-8-5-2/h7,10,16,19,21,24-25,28,30,32-35,37-38,40,42,45,47-48,54,57,73H,4-6,8-9,11-15,17-18,20,22-23,26-27,29,31,36,39,41,43-44,46,49-53,55-56,58-72H2,1-3H3/b10-7-,19-16-,24-21-,28-25-,34-32-,35-33-,38-37-,42-40-,47-30-,48-45-,57-54-. The Morgan fingerprint density at radius 3 is 0.793 bits per heavy atom. The Labute approximate surface area is 506 Å². The lowest BCUT2D eigenvalue weighted by molar-refractivity contribution is -0.167.